The molecule has 0 atom stereocenters. The van der Waals surface area contributed by atoms with Crippen molar-refractivity contribution in [1.29, 1.82) is 0 Å². The molecule has 0 unspecified atom stereocenters. The number of fused-ring (bicyclic) bond motifs is 1. The summed E-state index contributed by atoms with van der Waals surface area (Å²) in [6.07, 6.45) is 5.99. The molecule has 20 heavy (non-hydrogen) atoms. The Morgan fingerprint density at radius 2 is 2.05 bits per heavy atom. The molecule has 0 fully saturated rings. The highest BCUT2D eigenvalue weighted by atomic mass is 16.2. The molecule has 5 nitrogen and oxygen atoms in total. The van der Waals surface area contributed by atoms with E-state index in [1.165, 1.54) is 25.7 Å². The van der Waals surface area contributed by atoms with Crippen molar-refractivity contribution in [2.45, 2.75) is 39.0 Å². The minimum atomic E-state index is 0.0139. The summed E-state index contributed by atoms with van der Waals surface area (Å²) < 4.78 is 0. The van der Waals surface area contributed by atoms with Crippen LogP contribution in [0.2, 0.25) is 0 Å². The molecule has 108 valence electrons. The van der Waals surface area contributed by atoms with E-state index in [1.807, 2.05) is 19.2 Å². The Labute approximate surface area is 119 Å². The minimum Gasteiger partial charge on any atom is -0.342 e. The molecule has 1 amide bonds. The van der Waals surface area contributed by atoms with Crippen LogP contribution in [0.4, 0.5) is 0 Å². The Balaban J connectivity index is 1.95. The molecule has 2 aromatic rings. The molecule has 0 spiro atoms. The number of nitrogens with zero attached hydrogens (tertiary/aromatic N) is 3. The van der Waals surface area contributed by atoms with Gasteiger partial charge >= 0.3 is 0 Å². The predicted octanol–water partition coefficient (Wildman–Crippen LogP) is 3.00. The van der Waals surface area contributed by atoms with Crippen LogP contribution in [0.1, 0.15) is 49.4 Å². The third kappa shape index (κ3) is 3.35. The molecule has 0 aliphatic carbocycles. The number of benzene rings is 1. The molecule has 0 saturated heterocycles. The van der Waals surface area contributed by atoms with E-state index in [1.54, 1.807) is 11.0 Å². The quantitative estimate of drug-likeness (QED) is 0.789. The van der Waals surface area contributed by atoms with Gasteiger partial charge in [0.25, 0.3) is 5.91 Å². The van der Waals surface area contributed by atoms with Gasteiger partial charge in [-0.2, -0.15) is 0 Å². The van der Waals surface area contributed by atoms with E-state index >= 15 is 0 Å². The number of carbonyl (C=O) groups is 1. The van der Waals surface area contributed by atoms with Crippen molar-refractivity contribution in [3.05, 3.63) is 23.8 Å². The fourth-order valence-electron chi connectivity index (χ4n) is 2.30. The monoisotopic (exact) mass is 274 g/mol. The van der Waals surface area contributed by atoms with E-state index in [0.717, 1.165) is 18.5 Å². The van der Waals surface area contributed by atoms with Crippen molar-refractivity contribution < 1.29 is 4.79 Å². The summed E-state index contributed by atoms with van der Waals surface area (Å²) in [6, 6.07) is 5.53. The molecule has 5 heteroatoms. The first-order valence-corrected chi connectivity index (χ1v) is 7.29. The number of aromatic nitrogens is 3. The lowest BCUT2D eigenvalue weighted by Gasteiger charge is -2.17. The summed E-state index contributed by atoms with van der Waals surface area (Å²) in [5, 5.41) is 10.5. The first-order valence-electron chi connectivity index (χ1n) is 7.29. The number of hydrogen-bond acceptors (Lipinski definition) is 3. The number of amides is 1. The van der Waals surface area contributed by atoms with Crippen LogP contribution in [-0.2, 0) is 0 Å². The number of hydrogen-bond donors (Lipinski definition) is 1. The van der Waals surface area contributed by atoms with Gasteiger partial charge in [-0.05, 0) is 18.6 Å². The third-order valence-electron chi connectivity index (χ3n) is 3.53. The first kappa shape index (κ1) is 14.5. The van der Waals surface area contributed by atoms with E-state index < -0.39 is 0 Å². The van der Waals surface area contributed by atoms with Gasteiger partial charge in [0.2, 0.25) is 0 Å². The van der Waals surface area contributed by atoms with E-state index in [4.69, 9.17) is 0 Å². The fraction of sp³-hybridized carbons (Fsp3) is 0.533. The molecule has 1 aromatic heterocycles. The standard InChI is InChI=1S/C15H22N4O/c1-3-4-5-6-7-11-19(2)15(20)12-9-8-10-13-14(12)17-18-16-13/h8-10H,3-7,11H2,1-2H3,(H,16,17,18). The number of carbonyl (C=O) groups excluding carboxylic acids is 1. The van der Waals surface area contributed by atoms with Gasteiger partial charge in [0.05, 0.1) is 11.1 Å². The average Bonchev–Trinajstić information content (AvgIpc) is 2.94. The maximum atomic E-state index is 12.4. The topological polar surface area (TPSA) is 61.9 Å². The summed E-state index contributed by atoms with van der Waals surface area (Å²) in [5.41, 5.74) is 2.06. The van der Waals surface area contributed by atoms with Crippen molar-refractivity contribution >= 4 is 16.9 Å². The number of aromatic amines is 1. The van der Waals surface area contributed by atoms with Crippen molar-refractivity contribution in [2.75, 3.05) is 13.6 Å². The third-order valence-corrected chi connectivity index (χ3v) is 3.53. The smallest absolute Gasteiger partial charge is 0.255 e. The second-order valence-corrected chi connectivity index (χ2v) is 5.15. The van der Waals surface area contributed by atoms with E-state index in [-0.39, 0.29) is 5.91 Å². The summed E-state index contributed by atoms with van der Waals surface area (Å²) in [6.45, 7) is 2.99. The summed E-state index contributed by atoms with van der Waals surface area (Å²) >= 11 is 0. The molecule has 0 bridgehead atoms. The highest BCUT2D eigenvalue weighted by molar-refractivity contribution is 6.04. The fourth-order valence-corrected chi connectivity index (χ4v) is 2.30. The zero-order chi connectivity index (χ0) is 14.4. The zero-order valence-corrected chi connectivity index (χ0v) is 12.2. The van der Waals surface area contributed by atoms with Gasteiger partial charge in [-0.1, -0.05) is 43.9 Å². The van der Waals surface area contributed by atoms with Gasteiger partial charge in [-0.3, -0.25) is 9.89 Å². The van der Waals surface area contributed by atoms with Gasteiger partial charge in [0.1, 0.15) is 5.52 Å². The first-order chi connectivity index (χ1) is 9.74. The van der Waals surface area contributed by atoms with Crippen LogP contribution in [-0.4, -0.2) is 39.8 Å². The molecule has 0 radical (unpaired) electrons. The largest absolute Gasteiger partial charge is 0.342 e. The highest BCUT2D eigenvalue weighted by Gasteiger charge is 2.16. The van der Waals surface area contributed by atoms with E-state index in [0.29, 0.717) is 11.1 Å². The molecule has 1 aromatic carbocycles. The van der Waals surface area contributed by atoms with E-state index in [9.17, 15) is 4.79 Å². The Morgan fingerprint density at radius 3 is 2.85 bits per heavy atom. The number of H-pyrrole nitrogens is 1. The number of unbranched alkanes of at least 4 members (excludes halogenated alkanes) is 4. The Morgan fingerprint density at radius 1 is 1.25 bits per heavy atom. The van der Waals surface area contributed by atoms with Crippen LogP contribution >= 0.6 is 0 Å². The van der Waals surface area contributed by atoms with Crippen molar-refractivity contribution in [1.82, 2.24) is 20.3 Å². The van der Waals surface area contributed by atoms with E-state index in [2.05, 4.69) is 22.3 Å². The van der Waals surface area contributed by atoms with Crippen LogP contribution in [0, 0.1) is 0 Å². The summed E-state index contributed by atoms with van der Waals surface area (Å²) in [4.78, 5) is 14.2. The molecular weight excluding hydrogens is 252 g/mol. The minimum absolute atomic E-state index is 0.0139. The number of nitrogens with one attached hydrogen (secondary N) is 1. The molecule has 2 rings (SSSR count). The number of rotatable bonds is 7. The second-order valence-electron chi connectivity index (χ2n) is 5.15. The maximum absolute atomic E-state index is 12.4. The zero-order valence-electron chi connectivity index (χ0n) is 12.2. The SMILES string of the molecule is CCCCCCCN(C)C(=O)c1cccc2[nH]nnc12. The molecule has 1 heterocycles. The van der Waals surface area contributed by atoms with Gasteiger partial charge in [-0.15, -0.1) is 5.10 Å². The summed E-state index contributed by atoms with van der Waals surface area (Å²) in [7, 11) is 1.85. The molecular formula is C15H22N4O. The van der Waals surface area contributed by atoms with Gasteiger partial charge < -0.3 is 4.90 Å². The normalized spacial score (nSPS) is 10.9. The van der Waals surface area contributed by atoms with Gasteiger partial charge in [0.15, 0.2) is 0 Å². The molecule has 0 saturated carbocycles. The van der Waals surface area contributed by atoms with Crippen LogP contribution in [0.25, 0.3) is 11.0 Å². The van der Waals surface area contributed by atoms with Crippen molar-refractivity contribution in [3.8, 4) is 0 Å². The van der Waals surface area contributed by atoms with Gasteiger partial charge in [0, 0.05) is 13.6 Å². The van der Waals surface area contributed by atoms with Crippen molar-refractivity contribution in [3.63, 3.8) is 0 Å². The second kappa shape index (κ2) is 7.03. The van der Waals surface area contributed by atoms with Crippen LogP contribution < -0.4 is 0 Å². The summed E-state index contributed by atoms with van der Waals surface area (Å²) in [5.74, 6) is 0.0139. The lowest BCUT2D eigenvalue weighted by Crippen LogP contribution is -2.28. The van der Waals surface area contributed by atoms with Gasteiger partial charge in [-0.25, -0.2) is 0 Å². The predicted molar refractivity (Wildman–Crippen MR) is 79.6 cm³/mol. The Hall–Kier alpha value is -1.91. The Bertz CT molecular complexity index is 564. The Kier molecular flexibility index (Phi) is 5.09. The van der Waals surface area contributed by atoms with Crippen molar-refractivity contribution in [2.24, 2.45) is 0 Å². The lowest BCUT2D eigenvalue weighted by atomic mass is 10.1. The lowest BCUT2D eigenvalue weighted by molar-refractivity contribution is 0.0794. The molecule has 0 aliphatic rings. The molecule has 0 aliphatic heterocycles. The maximum Gasteiger partial charge on any atom is 0.255 e. The average molecular weight is 274 g/mol. The van der Waals surface area contributed by atoms with Crippen LogP contribution in [0.15, 0.2) is 18.2 Å². The van der Waals surface area contributed by atoms with Crippen LogP contribution in [0.5, 0.6) is 0 Å². The highest BCUT2D eigenvalue weighted by Crippen LogP contribution is 2.15. The van der Waals surface area contributed by atoms with Crippen LogP contribution in [0.3, 0.4) is 0 Å². The molecule has 1 N–H and O–H groups in total.